The van der Waals surface area contributed by atoms with Gasteiger partial charge in [-0.2, -0.15) is 0 Å². The standard InChI is InChI=1S/C48H90O9/c1-3-5-7-9-11-13-15-17-18-19-20-21-22-23-24-25-26-28-30-32-34-36-38-54-40-42(41-55-48-47(53)46(52)45(51)43(39-49)57-48)56-44(50)37-35-33-31-29-27-16-14-12-10-8-6-4-2/h12,14,19-20,42-43,45-49,51-53H,3-11,13,15-18,21-41H2,1-2H3/b14-12-,20-19-. The molecule has 0 bridgehead atoms. The molecular formula is C48H90O9. The Labute approximate surface area is 349 Å². The lowest BCUT2D eigenvalue weighted by atomic mass is 9.99. The molecule has 1 rings (SSSR count). The topological polar surface area (TPSA) is 135 Å². The van der Waals surface area contributed by atoms with Crippen molar-refractivity contribution in [2.45, 2.75) is 250 Å². The van der Waals surface area contributed by atoms with E-state index in [0.717, 1.165) is 44.9 Å². The van der Waals surface area contributed by atoms with Gasteiger partial charge in [0.05, 0.1) is 19.8 Å². The number of unbranched alkanes of at least 4 members (excludes halogenated alkanes) is 26. The first-order valence-electron chi connectivity index (χ1n) is 23.9. The summed E-state index contributed by atoms with van der Waals surface area (Å²) in [6, 6.07) is 0. The minimum atomic E-state index is -1.54. The number of aliphatic hydroxyl groups is 4. The number of aliphatic hydroxyl groups excluding tert-OH is 4. The number of ether oxygens (including phenoxy) is 4. The van der Waals surface area contributed by atoms with E-state index >= 15 is 0 Å². The predicted molar refractivity (Wildman–Crippen MR) is 233 cm³/mol. The third-order valence-electron chi connectivity index (χ3n) is 11.1. The average Bonchev–Trinajstić information content (AvgIpc) is 3.21. The monoisotopic (exact) mass is 811 g/mol. The van der Waals surface area contributed by atoms with Crippen molar-refractivity contribution in [3.05, 3.63) is 24.3 Å². The molecule has 1 fully saturated rings. The van der Waals surface area contributed by atoms with E-state index in [9.17, 15) is 25.2 Å². The Morgan fingerprint density at radius 2 is 0.965 bits per heavy atom. The SMILES string of the molecule is CCCCC/C=C\CCCCCCCC(=O)OC(COCCCCCCCCCCCC/C=C\CCCCCCCCCC)COC1OC(CO)C(O)C(O)C1O. The molecule has 6 unspecified atom stereocenters. The van der Waals surface area contributed by atoms with Crippen LogP contribution in [-0.2, 0) is 23.7 Å². The van der Waals surface area contributed by atoms with Crippen LogP contribution in [0.4, 0.5) is 0 Å². The lowest BCUT2D eigenvalue weighted by Crippen LogP contribution is -2.59. The minimum Gasteiger partial charge on any atom is -0.457 e. The molecular weight excluding hydrogens is 721 g/mol. The van der Waals surface area contributed by atoms with Gasteiger partial charge in [-0.05, 0) is 64.2 Å². The van der Waals surface area contributed by atoms with Crippen molar-refractivity contribution < 1.29 is 44.2 Å². The lowest BCUT2D eigenvalue weighted by molar-refractivity contribution is -0.305. The van der Waals surface area contributed by atoms with Crippen LogP contribution < -0.4 is 0 Å². The van der Waals surface area contributed by atoms with Gasteiger partial charge in [-0.3, -0.25) is 4.79 Å². The maximum atomic E-state index is 12.7. The summed E-state index contributed by atoms with van der Waals surface area (Å²) in [5.74, 6) is -0.322. The van der Waals surface area contributed by atoms with E-state index in [1.807, 2.05) is 0 Å². The number of carbonyl (C=O) groups is 1. The molecule has 6 atom stereocenters. The number of esters is 1. The van der Waals surface area contributed by atoms with Gasteiger partial charge in [0.15, 0.2) is 6.29 Å². The molecule has 1 saturated heterocycles. The zero-order valence-electron chi connectivity index (χ0n) is 36.9. The van der Waals surface area contributed by atoms with Crippen LogP contribution in [0.1, 0.15) is 213 Å². The number of hydrogen-bond acceptors (Lipinski definition) is 9. The summed E-state index contributed by atoms with van der Waals surface area (Å²) in [4.78, 5) is 12.7. The first kappa shape index (κ1) is 53.7. The Morgan fingerprint density at radius 1 is 0.544 bits per heavy atom. The van der Waals surface area contributed by atoms with Crippen LogP contribution in [0.2, 0.25) is 0 Å². The summed E-state index contributed by atoms with van der Waals surface area (Å²) < 4.78 is 22.8. The number of rotatable bonds is 41. The van der Waals surface area contributed by atoms with Crippen molar-refractivity contribution >= 4 is 5.97 Å². The van der Waals surface area contributed by atoms with E-state index in [2.05, 4.69) is 38.2 Å². The van der Waals surface area contributed by atoms with Crippen LogP contribution in [0.3, 0.4) is 0 Å². The van der Waals surface area contributed by atoms with Crippen LogP contribution in [0.5, 0.6) is 0 Å². The van der Waals surface area contributed by atoms with E-state index in [1.165, 1.54) is 148 Å². The fourth-order valence-electron chi connectivity index (χ4n) is 7.31. The van der Waals surface area contributed by atoms with Gasteiger partial charge in [-0.25, -0.2) is 0 Å². The van der Waals surface area contributed by atoms with Crippen molar-refractivity contribution in [2.24, 2.45) is 0 Å². The Bertz CT molecular complexity index is 926. The molecule has 0 radical (unpaired) electrons. The number of allylic oxidation sites excluding steroid dienone is 4. The molecule has 0 aromatic heterocycles. The Hall–Kier alpha value is -1.33. The van der Waals surface area contributed by atoms with Gasteiger partial charge in [-0.1, -0.05) is 167 Å². The van der Waals surface area contributed by atoms with Crippen LogP contribution in [0, 0.1) is 0 Å². The van der Waals surface area contributed by atoms with E-state index in [0.29, 0.717) is 13.0 Å². The number of hydrogen-bond donors (Lipinski definition) is 4. The molecule has 0 aromatic rings. The second-order valence-electron chi connectivity index (χ2n) is 16.6. The van der Waals surface area contributed by atoms with Gasteiger partial charge < -0.3 is 39.4 Å². The summed E-state index contributed by atoms with van der Waals surface area (Å²) in [6.45, 7) is 4.54. The first-order valence-corrected chi connectivity index (χ1v) is 23.9. The molecule has 1 heterocycles. The van der Waals surface area contributed by atoms with Crippen molar-refractivity contribution in [2.75, 3.05) is 26.4 Å². The van der Waals surface area contributed by atoms with Gasteiger partial charge in [0.25, 0.3) is 0 Å². The molecule has 0 saturated carbocycles. The van der Waals surface area contributed by atoms with E-state index in [1.54, 1.807) is 0 Å². The Kier molecular flexibility index (Phi) is 37.8. The molecule has 57 heavy (non-hydrogen) atoms. The number of carbonyl (C=O) groups excluding carboxylic acids is 1. The summed E-state index contributed by atoms with van der Waals surface area (Å²) in [6.07, 6.45) is 39.3. The average molecular weight is 811 g/mol. The van der Waals surface area contributed by atoms with E-state index in [4.69, 9.17) is 18.9 Å². The molecule has 0 spiro atoms. The van der Waals surface area contributed by atoms with Gasteiger partial charge in [-0.15, -0.1) is 0 Å². The van der Waals surface area contributed by atoms with Crippen molar-refractivity contribution in [1.29, 1.82) is 0 Å². The molecule has 9 nitrogen and oxygen atoms in total. The molecule has 336 valence electrons. The summed E-state index contributed by atoms with van der Waals surface area (Å²) in [5, 5.41) is 40.1. The second-order valence-corrected chi connectivity index (χ2v) is 16.6. The minimum absolute atomic E-state index is 0.115. The van der Waals surface area contributed by atoms with Gasteiger partial charge in [0.2, 0.25) is 0 Å². The maximum Gasteiger partial charge on any atom is 0.306 e. The highest BCUT2D eigenvalue weighted by Crippen LogP contribution is 2.23. The Morgan fingerprint density at radius 3 is 1.46 bits per heavy atom. The summed E-state index contributed by atoms with van der Waals surface area (Å²) >= 11 is 0. The highest BCUT2D eigenvalue weighted by atomic mass is 16.7. The third kappa shape index (κ3) is 31.2. The van der Waals surface area contributed by atoms with Crippen molar-refractivity contribution in [3.8, 4) is 0 Å². The Balaban J connectivity index is 2.19. The molecule has 9 heteroatoms. The molecule has 1 aliphatic heterocycles. The van der Waals surface area contributed by atoms with Gasteiger partial charge in [0, 0.05) is 13.0 Å². The molecule has 0 amide bonds. The van der Waals surface area contributed by atoms with Crippen LogP contribution in [0.25, 0.3) is 0 Å². The largest absolute Gasteiger partial charge is 0.457 e. The normalized spacial score (nSPS) is 20.6. The van der Waals surface area contributed by atoms with Crippen LogP contribution in [-0.4, -0.2) is 89.6 Å². The smallest absolute Gasteiger partial charge is 0.306 e. The van der Waals surface area contributed by atoms with Crippen molar-refractivity contribution in [1.82, 2.24) is 0 Å². The zero-order valence-corrected chi connectivity index (χ0v) is 36.9. The molecule has 1 aliphatic rings. The molecule has 0 aliphatic carbocycles. The third-order valence-corrected chi connectivity index (χ3v) is 11.1. The molecule has 4 N–H and O–H groups in total. The lowest BCUT2D eigenvalue weighted by Gasteiger charge is -2.39. The van der Waals surface area contributed by atoms with Gasteiger partial charge >= 0.3 is 5.97 Å². The highest BCUT2D eigenvalue weighted by Gasteiger charge is 2.44. The maximum absolute atomic E-state index is 12.7. The molecule has 0 aromatic carbocycles. The second kappa shape index (κ2) is 40.1. The quantitative estimate of drug-likeness (QED) is 0.0270. The highest BCUT2D eigenvalue weighted by molar-refractivity contribution is 5.69. The van der Waals surface area contributed by atoms with E-state index < -0.39 is 43.4 Å². The summed E-state index contributed by atoms with van der Waals surface area (Å²) in [5.41, 5.74) is 0. The summed E-state index contributed by atoms with van der Waals surface area (Å²) in [7, 11) is 0. The van der Waals surface area contributed by atoms with E-state index in [-0.39, 0.29) is 19.2 Å². The fourth-order valence-corrected chi connectivity index (χ4v) is 7.31. The fraction of sp³-hybridized carbons (Fsp3) is 0.896. The van der Waals surface area contributed by atoms with Gasteiger partial charge in [0.1, 0.15) is 30.5 Å². The van der Waals surface area contributed by atoms with Crippen molar-refractivity contribution in [3.63, 3.8) is 0 Å². The first-order chi connectivity index (χ1) is 27.9. The van der Waals surface area contributed by atoms with Crippen LogP contribution in [0.15, 0.2) is 24.3 Å². The van der Waals surface area contributed by atoms with Crippen LogP contribution >= 0.6 is 0 Å². The zero-order chi connectivity index (χ0) is 41.4. The predicted octanol–water partition coefficient (Wildman–Crippen LogP) is 11.0.